The Bertz CT molecular complexity index is 989. The minimum Gasteiger partial charge on any atom is -0.379 e. The fourth-order valence-electron chi connectivity index (χ4n) is 4.78. The summed E-state index contributed by atoms with van der Waals surface area (Å²) in [5, 5.41) is 7.03. The van der Waals surface area contributed by atoms with Gasteiger partial charge in [-0.15, -0.1) is 0 Å². The molecule has 2 aromatic heterocycles. The molecule has 12 nitrogen and oxygen atoms in total. The van der Waals surface area contributed by atoms with Crippen LogP contribution in [0.2, 0.25) is 0 Å². The molecule has 3 aliphatic heterocycles. The monoisotopic (exact) mass is 500 g/mol. The van der Waals surface area contributed by atoms with E-state index in [0.29, 0.717) is 24.8 Å². The van der Waals surface area contributed by atoms with E-state index in [0.717, 1.165) is 115 Å². The highest BCUT2D eigenvalue weighted by atomic mass is 16.5. The van der Waals surface area contributed by atoms with Crippen molar-refractivity contribution in [1.29, 1.82) is 0 Å². The molecule has 36 heavy (non-hydrogen) atoms. The van der Waals surface area contributed by atoms with Gasteiger partial charge >= 0.3 is 0 Å². The Balaban J connectivity index is 1.31. The number of piperazine rings is 1. The molecule has 0 aliphatic carbocycles. The third-order valence-corrected chi connectivity index (χ3v) is 7.13. The lowest BCUT2D eigenvalue weighted by molar-refractivity contribution is 0.0398. The van der Waals surface area contributed by atoms with E-state index in [1.165, 1.54) is 0 Å². The summed E-state index contributed by atoms with van der Waals surface area (Å²) in [4.78, 5) is 28.9. The zero-order valence-corrected chi connectivity index (χ0v) is 21.7. The van der Waals surface area contributed by atoms with Gasteiger partial charge in [-0.25, -0.2) is 9.97 Å². The highest BCUT2D eigenvalue weighted by Gasteiger charge is 2.20. The van der Waals surface area contributed by atoms with Crippen LogP contribution in [0.1, 0.15) is 5.69 Å². The molecule has 3 saturated heterocycles. The van der Waals surface area contributed by atoms with Crippen LogP contribution in [0.5, 0.6) is 0 Å². The van der Waals surface area contributed by atoms with Crippen LogP contribution in [-0.2, 0) is 9.47 Å². The lowest BCUT2D eigenvalue weighted by Gasteiger charge is -2.32. The second-order valence-corrected chi connectivity index (χ2v) is 9.75. The van der Waals surface area contributed by atoms with Crippen LogP contribution in [0.4, 0.5) is 17.6 Å². The van der Waals surface area contributed by atoms with Crippen LogP contribution in [0.15, 0.2) is 0 Å². The SMILES string of the molecule is Cc1nc2c(NCCN3CCOCC3)nc(N3CCOCC3)nc2nc1NCCN1CCN(C)CC1. The van der Waals surface area contributed by atoms with Gasteiger partial charge in [0, 0.05) is 78.5 Å². The Morgan fingerprint density at radius 2 is 1.31 bits per heavy atom. The Morgan fingerprint density at radius 3 is 2.00 bits per heavy atom. The molecular weight excluding hydrogens is 460 g/mol. The number of hydrogen-bond donors (Lipinski definition) is 2. The summed E-state index contributed by atoms with van der Waals surface area (Å²) in [7, 11) is 2.18. The van der Waals surface area contributed by atoms with Gasteiger partial charge in [0.25, 0.3) is 0 Å². The number of anilines is 3. The smallest absolute Gasteiger partial charge is 0.229 e. The van der Waals surface area contributed by atoms with Crippen LogP contribution in [0, 0.1) is 6.92 Å². The van der Waals surface area contributed by atoms with Gasteiger partial charge in [0.05, 0.1) is 32.1 Å². The second kappa shape index (κ2) is 12.2. The van der Waals surface area contributed by atoms with Gasteiger partial charge in [-0.05, 0) is 14.0 Å². The zero-order chi connectivity index (χ0) is 24.7. The first-order valence-electron chi connectivity index (χ1n) is 13.2. The fraction of sp³-hybridized carbons (Fsp3) is 0.750. The number of likely N-dealkylation sites (N-methyl/N-ethyl adjacent to an activating group) is 1. The predicted octanol–water partition coefficient (Wildman–Crippen LogP) is -0.0318. The van der Waals surface area contributed by atoms with Crippen molar-refractivity contribution < 1.29 is 9.47 Å². The number of nitrogens with one attached hydrogen (secondary N) is 2. The number of aryl methyl sites for hydroxylation is 1. The molecule has 2 N–H and O–H groups in total. The highest BCUT2D eigenvalue weighted by molar-refractivity contribution is 5.85. The quantitative estimate of drug-likeness (QED) is 0.483. The number of fused-ring (bicyclic) bond motifs is 1. The molecule has 0 unspecified atom stereocenters. The molecule has 0 bridgehead atoms. The van der Waals surface area contributed by atoms with Crippen molar-refractivity contribution in [3.05, 3.63) is 5.69 Å². The van der Waals surface area contributed by atoms with Crippen molar-refractivity contribution in [2.75, 3.05) is 128 Å². The Morgan fingerprint density at radius 1 is 0.694 bits per heavy atom. The van der Waals surface area contributed by atoms with Crippen molar-refractivity contribution >= 4 is 28.7 Å². The number of morpholine rings is 2. The average molecular weight is 501 g/mol. The molecule has 0 radical (unpaired) electrons. The molecule has 5 rings (SSSR count). The first-order chi connectivity index (χ1) is 17.7. The summed E-state index contributed by atoms with van der Waals surface area (Å²) < 4.78 is 11.0. The van der Waals surface area contributed by atoms with Crippen molar-refractivity contribution in [1.82, 2.24) is 34.6 Å². The molecule has 12 heteroatoms. The lowest BCUT2D eigenvalue weighted by Crippen LogP contribution is -2.45. The van der Waals surface area contributed by atoms with Crippen LogP contribution in [0.3, 0.4) is 0 Å². The second-order valence-electron chi connectivity index (χ2n) is 9.75. The summed E-state index contributed by atoms with van der Waals surface area (Å²) in [6.45, 7) is 16.4. The van der Waals surface area contributed by atoms with Crippen molar-refractivity contribution in [3.63, 3.8) is 0 Å². The minimum atomic E-state index is 0.619. The number of nitrogens with zero attached hydrogens (tertiary/aromatic N) is 8. The standard InChI is InChI=1S/C24H40N10O2/c1-19-21(25-3-5-32-9-7-31(2)8-10-32)28-23-20(27-19)22(26-4-6-33-11-15-35-16-12-33)29-24(30-23)34-13-17-36-18-14-34/h3-18H2,1-2H3,(H2,25,26,28,29,30). The van der Waals surface area contributed by atoms with Gasteiger partial charge in [0.15, 0.2) is 17.0 Å². The normalized spacial score (nSPS) is 20.7. The Kier molecular flexibility index (Phi) is 8.59. The summed E-state index contributed by atoms with van der Waals surface area (Å²) in [6.07, 6.45) is 0. The molecule has 2 aromatic rings. The average Bonchev–Trinajstić information content (AvgIpc) is 2.91. The van der Waals surface area contributed by atoms with Gasteiger partial charge in [-0.2, -0.15) is 9.97 Å². The van der Waals surface area contributed by atoms with E-state index in [1.807, 2.05) is 6.92 Å². The molecule has 0 atom stereocenters. The molecule has 5 heterocycles. The Labute approximate surface area is 213 Å². The molecule has 198 valence electrons. The zero-order valence-electron chi connectivity index (χ0n) is 21.7. The van der Waals surface area contributed by atoms with Crippen molar-refractivity contribution in [2.24, 2.45) is 0 Å². The van der Waals surface area contributed by atoms with Gasteiger partial charge in [-0.1, -0.05) is 0 Å². The number of aromatic nitrogens is 4. The third kappa shape index (κ3) is 6.48. The van der Waals surface area contributed by atoms with Crippen LogP contribution in [0.25, 0.3) is 11.2 Å². The molecule has 0 aromatic carbocycles. The maximum atomic E-state index is 5.53. The summed E-state index contributed by atoms with van der Waals surface area (Å²) in [5.41, 5.74) is 2.20. The summed E-state index contributed by atoms with van der Waals surface area (Å²) >= 11 is 0. The predicted molar refractivity (Wildman–Crippen MR) is 141 cm³/mol. The Hall–Kier alpha value is -2.38. The van der Waals surface area contributed by atoms with Crippen LogP contribution >= 0.6 is 0 Å². The van der Waals surface area contributed by atoms with Gasteiger partial charge in [0.2, 0.25) is 5.95 Å². The first-order valence-corrected chi connectivity index (χ1v) is 13.2. The molecule has 0 amide bonds. The summed E-state index contributed by atoms with van der Waals surface area (Å²) in [6, 6.07) is 0. The summed E-state index contributed by atoms with van der Waals surface area (Å²) in [5.74, 6) is 2.22. The molecule has 3 aliphatic rings. The maximum Gasteiger partial charge on any atom is 0.229 e. The molecule has 3 fully saturated rings. The van der Waals surface area contributed by atoms with Crippen LogP contribution < -0.4 is 15.5 Å². The number of rotatable bonds is 9. The third-order valence-electron chi connectivity index (χ3n) is 7.13. The molecule has 0 saturated carbocycles. The van der Waals surface area contributed by atoms with E-state index in [2.05, 4.69) is 37.3 Å². The van der Waals surface area contributed by atoms with E-state index in [1.54, 1.807) is 0 Å². The van der Waals surface area contributed by atoms with E-state index in [-0.39, 0.29) is 0 Å². The highest BCUT2D eigenvalue weighted by Crippen LogP contribution is 2.24. The number of hydrogen-bond acceptors (Lipinski definition) is 12. The van der Waals surface area contributed by atoms with Gasteiger partial charge < -0.3 is 29.9 Å². The van der Waals surface area contributed by atoms with E-state index in [9.17, 15) is 0 Å². The van der Waals surface area contributed by atoms with E-state index < -0.39 is 0 Å². The van der Waals surface area contributed by atoms with E-state index >= 15 is 0 Å². The van der Waals surface area contributed by atoms with E-state index in [4.69, 9.17) is 29.4 Å². The maximum absolute atomic E-state index is 5.53. The largest absolute Gasteiger partial charge is 0.379 e. The molecular formula is C24H40N10O2. The fourth-order valence-corrected chi connectivity index (χ4v) is 4.78. The first kappa shape index (κ1) is 25.3. The van der Waals surface area contributed by atoms with Crippen molar-refractivity contribution in [2.45, 2.75) is 6.92 Å². The topological polar surface area (TPSA) is 107 Å². The lowest BCUT2D eigenvalue weighted by atomic mass is 10.3. The van der Waals surface area contributed by atoms with Crippen LogP contribution in [-0.4, -0.2) is 147 Å². The number of ether oxygens (including phenoxy) is 2. The molecule has 0 spiro atoms. The van der Waals surface area contributed by atoms with Gasteiger partial charge in [0.1, 0.15) is 5.82 Å². The van der Waals surface area contributed by atoms with Gasteiger partial charge in [-0.3, -0.25) is 9.80 Å². The van der Waals surface area contributed by atoms with Crippen molar-refractivity contribution in [3.8, 4) is 0 Å². The minimum absolute atomic E-state index is 0.619.